The van der Waals surface area contributed by atoms with Crippen molar-refractivity contribution in [3.8, 4) is 12.3 Å². The standard InChI is InChI=1S/C12H12S/c1-3-11(9-13)8-12-7-5-4-6-10(12)2/h1,4-8,13H,9H2,2H3/b11-8+. The minimum absolute atomic E-state index is 0.616. The second kappa shape index (κ2) is 4.79. The molecular weight excluding hydrogens is 176 g/mol. The second-order valence-electron chi connectivity index (χ2n) is 2.83. The minimum Gasteiger partial charge on any atom is -0.174 e. The number of thiol groups is 1. The molecular formula is C12H12S. The molecule has 0 heterocycles. The van der Waals surface area contributed by atoms with Gasteiger partial charge >= 0.3 is 0 Å². The lowest BCUT2D eigenvalue weighted by atomic mass is 10.1. The zero-order valence-electron chi connectivity index (χ0n) is 7.62. The third-order valence-corrected chi connectivity index (χ3v) is 2.21. The summed E-state index contributed by atoms with van der Waals surface area (Å²) in [5, 5.41) is 0. The predicted octanol–water partition coefficient (Wildman–Crippen LogP) is 2.94. The molecule has 1 heteroatoms. The van der Waals surface area contributed by atoms with Crippen LogP contribution < -0.4 is 0 Å². The fraction of sp³-hybridized carbons (Fsp3) is 0.167. The molecule has 1 aromatic rings. The van der Waals surface area contributed by atoms with E-state index in [4.69, 9.17) is 6.42 Å². The van der Waals surface area contributed by atoms with Gasteiger partial charge in [0, 0.05) is 11.3 Å². The van der Waals surface area contributed by atoms with Crippen LogP contribution in [-0.4, -0.2) is 5.75 Å². The Balaban J connectivity index is 3.04. The van der Waals surface area contributed by atoms with E-state index in [0.717, 1.165) is 5.57 Å². The molecule has 1 rings (SSSR count). The van der Waals surface area contributed by atoms with Crippen LogP contribution in [0.2, 0.25) is 0 Å². The Bertz CT molecular complexity index is 356. The molecule has 0 aliphatic carbocycles. The van der Waals surface area contributed by atoms with Crippen molar-refractivity contribution in [2.75, 3.05) is 5.75 Å². The third-order valence-electron chi connectivity index (χ3n) is 1.87. The molecule has 0 aromatic heterocycles. The molecule has 1 aromatic carbocycles. The Morgan fingerprint density at radius 2 is 2.23 bits per heavy atom. The molecule has 0 nitrogen and oxygen atoms in total. The zero-order chi connectivity index (χ0) is 9.68. The summed E-state index contributed by atoms with van der Waals surface area (Å²) in [4.78, 5) is 0. The molecule has 0 fully saturated rings. The van der Waals surface area contributed by atoms with E-state index in [0.29, 0.717) is 5.75 Å². The lowest BCUT2D eigenvalue weighted by Crippen LogP contribution is -1.83. The van der Waals surface area contributed by atoms with Gasteiger partial charge in [0.2, 0.25) is 0 Å². The maximum atomic E-state index is 5.31. The number of hydrogen-bond donors (Lipinski definition) is 1. The van der Waals surface area contributed by atoms with Crippen molar-refractivity contribution in [3.63, 3.8) is 0 Å². The largest absolute Gasteiger partial charge is 0.174 e. The Kier molecular flexibility index (Phi) is 3.67. The van der Waals surface area contributed by atoms with Gasteiger partial charge in [-0.2, -0.15) is 12.6 Å². The smallest absolute Gasteiger partial charge is 0.0234 e. The second-order valence-corrected chi connectivity index (χ2v) is 3.14. The van der Waals surface area contributed by atoms with Gasteiger partial charge in [-0.05, 0) is 24.1 Å². The van der Waals surface area contributed by atoms with E-state index in [1.54, 1.807) is 0 Å². The molecule has 0 spiro atoms. The van der Waals surface area contributed by atoms with Crippen LogP contribution in [0, 0.1) is 19.3 Å². The Morgan fingerprint density at radius 1 is 1.54 bits per heavy atom. The van der Waals surface area contributed by atoms with Gasteiger partial charge < -0.3 is 0 Å². The highest BCUT2D eigenvalue weighted by molar-refractivity contribution is 7.80. The SMILES string of the molecule is C#C/C(=C\c1ccccc1C)CS. The van der Waals surface area contributed by atoms with Crippen LogP contribution in [0.25, 0.3) is 6.08 Å². The van der Waals surface area contributed by atoms with Crippen molar-refractivity contribution in [3.05, 3.63) is 41.0 Å². The van der Waals surface area contributed by atoms with Crippen molar-refractivity contribution in [1.82, 2.24) is 0 Å². The maximum Gasteiger partial charge on any atom is 0.0234 e. The van der Waals surface area contributed by atoms with E-state index in [2.05, 4.69) is 37.6 Å². The van der Waals surface area contributed by atoms with Gasteiger partial charge in [0.1, 0.15) is 0 Å². The number of benzene rings is 1. The number of hydrogen-bond acceptors (Lipinski definition) is 1. The summed E-state index contributed by atoms with van der Waals surface area (Å²) < 4.78 is 0. The van der Waals surface area contributed by atoms with E-state index >= 15 is 0 Å². The minimum atomic E-state index is 0.616. The summed E-state index contributed by atoms with van der Waals surface area (Å²) in [5.74, 6) is 3.23. The zero-order valence-corrected chi connectivity index (χ0v) is 8.51. The molecule has 13 heavy (non-hydrogen) atoms. The first-order valence-electron chi connectivity index (χ1n) is 4.11. The van der Waals surface area contributed by atoms with Gasteiger partial charge in [-0.1, -0.05) is 30.2 Å². The average Bonchev–Trinajstić information content (AvgIpc) is 2.17. The lowest BCUT2D eigenvalue weighted by molar-refractivity contribution is 1.44. The van der Waals surface area contributed by atoms with Crippen LogP contribution >= 0.6 is 12.6 Å². The van der Waals surface area contributed by atoms with E-state index in [-0.39, 0.29) is 0 Å². The third kappa shape index (κ3) is 2.68. The van der Waals surface area contributed by atoms with E-state index in [9.17, 15) is 0 Å². The molecule has 0 N–H and O–H groups in total. The van der Waals surface area contributed by atoms with Crippen molar-refractivity contribution in [1.29, 1.82) is 0 Å². The van der Waals surface area contributed by atoms with Gasteiger partial charge in [-0.25, -0.2) is 0 Å². The Labute approximate surface area is 85.1 Å². The van der Waals surface area contributed by atoms with Crippen LogP contribution in [-0.2, 0) is 0 Å². The quantitative estimate of drug-likeness (QED) is 0.535. The molecule has 0 amide bonds. The van der Waals surface area contributed by atoms with Gasteiger partial charge in [0.25, 0.3) is 0 Å². The van der Waals surface area contributed by atoms with Crippen molar-refractivity contribution >= 4 is 18.7 Å². The van der Waals surface area contributed by atoms with Crippen molar-refractivity contribution in [2.45, 2.75) is 6.92 Å². The molecule has 66 valence electrons. The molecule has 0 aliphatic rings. The first-order chi connectivity index (χ1) is 6.27. The molecule has 0 unspecified atom stereocenters. The number of terminal acetylenes is 1. The summed E-state index contributed by atoms with van der Waals surface area (Å²) in [7, 11) is 0. The molecule has 0 aliphatic heterocycles. The van der Waals surface area contributed by atoms with Crippen LogP contribution in [0.3, 0.4) is 0 Å². The molecule has 0 atom stereocenters. The molecule has 0 saturated heterocycles. The Hall–Kier alpha value is -1.13. The summed E-state index contributed by atoms with van der Waals surface area (Å²) in [6.45, 7) is 2.07. The normalized spacial score (nSPS) is 11.0. The summed E-state index contributed by atoms with van der Waals surface area (Å²) in [5.41, 5.74) is 3.32. The fourth-order valence-corrected chi connectivity index (χ4v) is 1.25. The van der Waals surface area contributed by atoms with E-state index < -0.39 is 0 Å². The molecule has 0 radical (unpaired) electrons. The van der Waals surface area contributed by atoms with Crippen LogP contribution in [0.5, 0.6) is 0 Å². The number of rotatable bonds is 2. The topological polar surface area (TPSA) is 0 Å². The predicted molar refractivity (Wildman–Crippen MR) is 61.8 cm³/mol. The van der Waals surface area contributed by atoms with Crippen molar-refractivity contribution in [2.24, 2.45) is 0 Å². The maximum absolute atomic E-state index is 5.31. The number of aryl methyl sites for hydroxylation is 1. The molecule has 0 bridgehead atoms. The van der Waals surface area contributed by atoms with Gasteiger partial charge in [-0.15, -0.1) is 6.42 Å². The first kappa shape index (κ1) is 9.95. The lowest BCUT2D eigenvalue weighted by Gasteiger charge is -2.00. The highest BCUT2D eigenvalue weighted by Gasteiger charge is 1.94. The average molecular weight is 188 g/mol. The highest BCUT2D eigenvalue weighted by atomic mass is 32.1. The first-order valence-corrected chi connectivity index (χ1v) is 4.75. The van der Waals surface area contributed by atoms with Gasteiger partial charge in [0.15, 0.2) is 0 Å². The molecule has 0 saturated carbocycles. The summed E-state index contributed by atoms with van der Waals surface area (Å²) >= 11 is 4.15. The van der Waals surface area contributed by atoms with Crippen LogP contribution in [0.15, 0.2) is 29.8 Å². The fourth-order valence-electron chi connectivity index (χ4n) is 1.07. The van der Waals surface area contributed by atoms with Gasteiger partial charge in [0.05, 0.1) is 0 Å². The highest BCUT2D eigenvalue weighted by Crippen LogP contribution is 2.12. The van der Waals surface area contributed by atoms with Crippen molar-refractivity contribution < 1.29 is 0 Å². The summed E-state index contributed by atoms with van der Waals surface area (Å²) in [6.07, 6.45) is 7.32. The summed E-state index contributed by atoms with van der Waals surface area (Å²) in [6, 6.07) is 8.14. The van der Waals surface area contributed by atoms with Gasteiger partial charge in [-0.3, -0.25) is 0 Å². The van der Waals surface area contributed by atoms with Crippen LogP contribution in [0.1, 0.15) is 11.1 Å². The Morgan fingerprint density at radius 3 is 2.77 bits per heavy atom. The monoisotopic (exact) mass is 188 g/mol. The van der Waals surface area contributed by atoms with E-state index in [1.165, 1.54) is 11.1 Å². The van der Waals surface area contributed by atoms with Crippen LogP contribution in [0.4, 0.5) is 0 Å². The van der Waals surface area contributed by atoms with E-state index in [1.807, 2.05) is 18.2 Å².